The number of carbonyl (C=O) groups excluding carboxylic acids is 3. The Balaban J connectivity index is 1.05. The molecule has 48 heavy (non-hydrogen) atoms. The number of rotatable bonds is 7. The third-order valence-corrected chi connectivity index (χ3v) is 13.6. The van der Waals surface area contributed by atoms with Gasteiger partial charge in [-0.1, -0.05) is 33.8 Å². The van der Waals surface area contributed by atoms with Crippen molar-refractivity contribution in [2.45, 2.75) is 72.0 Å². The number of benzene rings is 1. The third-order valence-electron chi connectivity index (χ3n) is 13.6. The largest absolute Gasteiger partial charge is 0.508 e. The molecule has 5 fully saturated rings. The number of Topliss-reactive ketones (excluding diaryl/α,β-unsaturated/α-hetero) is 1. The van der Waals surface area contributed by atoms with Crippen LogP contribution in [0, 0.1) is 34.0 Å². The van der Waals surface area contributed by atoms with Crippen molar-refractivity contribution >= 4 is 23.3 Å². The zero-order valence-corrected chi connectivity index (χ0v) is 29.4. The molecule has 2 N–H and O–H groups in total. The minimum atomic E-state index is -0.684. The molecule has 3 aliphatic carbocycles. The van der Waals surface area contributed by atoms with Crippen LogP contribution in [0.25, 0.3) is 0 Å². The summed E-state index contributed by atoms with van der Waals surface area (Å²) < 4.78 is 6.45. The number of phenols is 1. The molecule has 1 aromatic rings. The van der Waals surface area contributed by atoms with Crippen LogP contribution in [-0.2, 0) is 19.1 Å². The number of amides is 1. The Morgan fingerprint density at radius 1 is 0.958 bits per heavy atom. The topological polar surface area (TPSA) is 114 Å². The maximum Gasteiger partial charge on any atom is 0.320 e. The predicted octanol–water partition coefficient (Wildman–Crippen LogP) is 3.56. The fourth-order valence-corrected chi connectivity index (χ4v) is 10.2. The van der Waals surface area contributed by atoms with E-state index < -0.39 is 23.0 Å². The normalized spacial score (nSPS) is 37.8. The van der Waals surface area contributed by atoms with Gasteiger partial charge >= 0.3 is 5.97 Å². The molecular weight excluding hydrogens is 608 g/mol. The lowest BCUT2D eigenvalue weighted by atomic mass is 9.44. The summed E-state index contributed by atoms with van der Waals surface area (Å²) in [7, 11) is 0. The lowest BCUT2D eigenvalue weighted by Gasteiger charge is -2.61. The standard InChI is InChI=1S/C38H56N4O6/c1-6-36(4)23-31(37(5)26(2)11-13-38(27(3)35(36)47)14-12-30(44)34(37)38)48-33(46)25-40-17-21-42(22-18-40)32(45)24-39-15-19-41(20-16-39)28-7-9-29(43)10-8-28/h6-10,26-27,31,34-35,43,47H,1,11-25H2,2-5H3/t26-,27+,31-,34+,35+,36-,37+,38+/m1/s1. The first-order valence-electron chi connectivity index (χ1n) is 18.1. The molecule has 2 saturated heterocycles. The van der Waals surface area contributed by atoms with Crippen molar-refractivity contribution in [3.05, 3.63) is 36.9 Å². The van der Waals surface area contributed by atoms with Gasteiger partial charge in [-0.05, 0) is 67.2 Å². The summed E-state index contributed by atoms with van der Waals surface area (Å²) >= 11 is 0. The molecule has 2 heterocycles. The summed E-state index contributed by atoms with van der Waals surface area (Å²) in [5.41, 5.74) is -0.402. The van der Waals surface area contributed by atoms with E-state index >= 15 is 0 Å². The van der Waals surface area contributed by atoms with Crippen LogP contribution in [0.1, 0.15) is 59.8 Å². The number of hydrogen-bond acceptors (Lipinski definition) is 9. The van der Waals surface area contributed by atoms with E-state index in [-0.39, 0.29) is 53.1 Å². The molecule has 1 amide bonds. The maximum atomic E-state index is 13.7. The van der Waals surface area contributed by atoms with E-state index in [9.17, 15) is 24.6 Å². The van der Waals surface area contributed by atoms with E-state index in [0.29, 0.717) is 45.6 Å². The van der Waals surface area contributed by atoms with Gasteiger partial charge in [-0.15, -0.1) is 6.58 Å². The van der Waals surface area contributed by atoms with E-state index in [1.54, 1.807) is 12.1 Å². The van der Waals surface area contributed by atoms with Crippen molar-refractivity contribution in [3.63, 3.8) is 0 Å². The van der Waals surface area contributed by atoms with Crippen molar-refractivity contribution in [2.75, 3.05) is 70.3 Å². The number of nitrogens with zero attached hydrogens (tertiary/aromatic N) is 4. The fourth-order valence-electron chi connectivity index (χ4n) is 10.2. The molecule has 0 aromatic heterocycles. The molecule has 0 unspecified atom stereocenters. The smallest absolute Gasteiger partial charge is 0.320 e. The van der Waals surface area contributed by atoms with Crippen LogP contribution in [0.5, 0.6) is 5.75 Å². The number of phenolic OH excluding ortho intramolecular Hbond substituents is 1. The molecule has 3 saturated carbocycles. The van der Waals surface area contributed by atoms with Gasteiger partial charge in [-0.2, -0.15) is 0 Å². The van der Waals surface area contributed by atoms with Crippen LogP contribution >= 0.6 is 0 Å². The Kier molecular flexibility index (Phi) is 9.74. The second kappa shape index (κ2) is 13.4. The van der Waals surface area contributed by atoms with Crippen molar-refractivity contribution < 1.29 is 29.3 Å². The van der Waals surface area contributed by atoms with E-state index in [2.05, 4.69) is 42.0 Å². The number of aromatic hydroxyl groups is 1. The molecule has 10 nitrogen and oxygen atoms in total. The number of ether oxygens (including phenoxy) is 1. The summed E-state index contributed by atoms with van der Waals surface area (Å²) in [6.07, 6.45) is 4.22. The second-order valence-corrected chi connectivity index (χ2v) is 16.0. The second-order valence-electron chi connectivity index (χ2n) is 16.0. The molecule has 0 spiro atoms. The summed E-state index contributed by atoms with van der Waals surface area (Å²) in [6.45, 7) is 18.7. The molecule has 10 heteroatoms. The van der Waals surface area contributed by atoms with Crippen LogP contribution in [0.3, 0.4) is 0 Å². The van der Waals surface area contributed by atoms with E-state index in [1.165, 1.54) is 0 Å². The monoisotopic (exact) mass is 664 g/mol. The molecular formula is C38H56N4O6. The molecule has 2 aliphatic heterocycles. The van der Waals surface area contributed by atoms with Gasteiger partial charge < -0.3 is 24.7 Å². The van der Waals surface area contributed by atoms with Crippen LogP contribution in [0.2, 0.25) is 0 Å². The summed E-state index contributed by atoms with van der Waals surface area (Å²) in [4.78, 5) is 49.0. The summed E-state index contributed by atoms with van der Waals surface area (Å²) in [5, 5.41) is 21.3. The molecule has 8 atom stereocenters. The first-order chi connectivity index (χ1) is 22.8. The van der Waals surface area contributed by atoms with Crippen molar-refractivity contribution in [3.8, 4) is 5.75 Å². The zero-order chi connectivity index (χ0) is 34.4. The highest BCUT2D eigenvalue weighted by Crippen LogP contribution is 2.68. The van der Waals surface area contributed by atoms with Gasteiger partial charge in [0.05, 0.1) is 19.2 Å². The quantitative estimate of drug-likeness (QED) is 0.334. The van der Waals surface area contributed by atoms with E-state index in [1.807, 2.05) is 30.0 Å². The number of carbonyl (C=O) groups is 3. The number of hydrogen-bond donors (Lipinski definition) is 2. The van der Waals surface area contributed by atoms with Gasteiger partial charge in [0.2, 0.25) is 5.91 Å². The predicted molar refractivity (Wildman–Crippen MR) is 184 cm³/mol. The van der Waals surface area contributed by atoms with Gasteiger partial charge in [0.15, 0.2) is 0 Å². The summed E-state index contributed by atoms with van der Waals surface area (Å²) in [6, 6.07) is 7.24. The van der Waals surface area contributed by atoms with Gasteiger partial charge in [-0.3, -0.25) is 24.2 Å². The number of ketones is 1. The number of piperazine rings is 2. The average Bonchev–Trinajstić information content (AvgIpc) is 3.44. The first-order valence-corrected chi connectivity index (χ1v) is 18.1. The van der Waals surface area contributed by atoms with Crippen molar-refractivity contribution in [2.24, 2.45) is 34.0 Å². The Labute approximate surface area is 286 Å². The van der Waals surface area contributed by atoms with Crippen LogP contribution in [0.4, 0.5) is 5.69 Å². The first kappa shape index (κ1) is 34.9. The minimum absolute atomic E-state index is 0.0606. The highest BCUT2D eigenvalue weighted by Gasteiger charge is 2.68. The molecule has 1 aromatic carbocycles. The molecule has 2 bridgehead atoms. The zero-order valence-electron chi connectivity index (χ0n) is 29.4. The molecule has 264 valence electrons. The minimum Gasteiger partial charge on any atom is -0.508 e. The number of esters is 1. The van der Waals surface area contributed by atoms with Gasteiger partial charge in [-0.25, -0.2) is 0 Å². The number of anilines is 1. The third kappa shape index (κ3) is 6.17. The Morgan fingerprint density at radius 2 is 1.58 bits per heavy atom. The lowest BCUT2D eigenvalue weighted by molar-refractivity contribution is -0.207. The highest BCUT2D eigenvalue weighted by molar-refractivity contribution is 5.86. The van der Waals surface area contributed by atoms with E-state index in [4.69, 9.17) is 4.74 Å². The Hall–Kier alpha value is -2.95. The highest BCUT2D eigenvalue weighted by atomic mass is 16.5. The van der Waals surface area contributed by atoms with Crippen LogP contribution < -0.4 is 4.90 Å². The van der Waals surface area contributed by atoms with Gasteiger partial charge in [0.25, 0.3) is 0 Å². The number of aliphatic hydroxyl groups excluding tert-OH is 1. The molecule has 5 aliphatic rings. The Bertz CT molecular complexity index is 1370. The van der Waals surface area contributed by atoms with Crippen LogP contribution in [0.15, 0.2) is 36.9 Å². The molecule has 0 radical (unpaired) electrons. The molecule has 6 rings (SSSR count). The lowest BCUT2D eigenvalue weighted by Crippen LogP contribution is -2.63. The van der Waals surface area contributed by atoms with Crippen molar-refractivity contribution in [1.82, 2.24) is 14.7 Å². The number of aliphatic hydroxyl groups is 1. The van der Waals surface area contributed by atoms with Crippen molar-refractivity contribution in [1.29, 1.82) is 0 Å². The Morgan fingerprint density at radius 3 is 2.23 bits per heavy atom. The van der Waals surface area contributed by atoms with Gasteiger partial charge in [0, 0.05) is 81.2 Å². The van der Waals surface area contributed by atoms with Gasteiger partial charge in [0.1, 0.15) is 17.6 Å². The average molecular weight is 665 g/mol. The SMILES string of the molecule is C=C[C@]1(C)C[C@@H](OC(=O)CN2CCN(C(=O)CN3CCN(c4ccc(O)cc4)CC3)CC2)[C@]2(C)[C@H](C)CC[C@]3(CCC(=O)[C@H]32)[C@@H](C)[C@@H]1O. The maximum absolute atomic E-state index is 13.7. The van der Waals surface area contributed by atoms with Crippen LogP contribution in [-0.4, -0.2) is 120 Å². The van der Waals surface area contributed by atoms with E-state index in [0.717, 1.165) is 51.1 Å². The fraction of sp³-hybridized carbons (Fsp3) is 0.711. The summed E-state index contributed by atoms with van der Waals surface area (Å²) in [5.74, 6) is 0.210.